The molecule has 2 rings (SSSR count). The third-order valence-corrected chi connectivity index (χ3v) is 4.17. The lowest BCUT2D eigenvalue weighted by Gasteiger charge is -2.12. The average Bonchev–Trinajstić information content (AvgIpc) is 2.35. The molecule has 0 nitrogen and oxygen atoms in total. The fourth-order valence-corrected chi connectivity index (χ4v) is 2.60. The first-order valence-electron chi connectivity index (χ1n) is 5.71. The first-order chi connectivity index (χ1) is 8.58. The van der Waals surface area contributed by atoms with E-state index in [9.17, 15) is 4.39 Å². The lowest BCUT2D eigenvalue weighted by molar-refractivity contribution is 0.608. The monoisotopic (exact) mass is 326 g/mol. The molecule has 0 heterocycles. The summed E-state index contributed by atoms with van der Waals surface area (Å²) in [4.78, 5) is 0.0625. The zero-order valence-electron chi connectivity index (χ0n) is 9.96. The van der Waals surface area contributed by atoms with E-state index >= 15 is 0 Å². The molecule has 0 fully saturated rings. The standard InChI is InChI=1S/C15H13BrClF/c1-10-6-7-11(9-14(10)17)13(16)8-12-4-2-3-5-15(12)18/h2-7,9,13H,8H2,1H3. The van der Waals surface area contributed by atoms with Crippen molar-refractivity contribution in [2.75, 3.05) is 0 Å². The van der Waals surface area contributed by atoms with Gasteiger partial charge in [0.1, 0.15) is 5.82 Å². The van der Waals surface area contributed by atoms with Gasteiger partial charge in [0.25, 0.3) is 0 Å². The van der Waals surface area contributed by atoms with E-state index in [0.717, 1.165) is 16.1 Å². The van der Waals surface area contributed by atoms with E-state index in [0.29, 0.717) is 12.0 Å². The number of alkyl halides is 1. The summed E-state index contributed by atoms with van der Waals surface area (Å²) < 4.78 is 13.6. The number of rotatable bonds is 3. The van der Waals surface area contributed by atoms with Gasteiger partial charge < -0.3 is 0 Å². The molecule has 0 N–H and O–H groups in total. The summed E-state index contributed by atoms with van der Waals surface area (Å²) in [6, 6.07) is 12.8. The summed E-state index contributed by atoms with van der Waals surface area (Å²) in [7, 11) is 0. The van der Waals surface area contributed by atoms with Crippen molar-refractivity contribution < 1.29 is 4.39 Å². The Morgan fingerprint density at radius 2 is 1.94 bits per heavy atom. The molecule has 3 heteroatoms. The zero-order valence-corrected chi connectivity index (χ0v) is 12.3. The van der Waals surface area contributed by atoms with Crippen LogP contribution in [0.4, 0.5) is 4.39 Å². The van der Waals surface area contributed by atoms with Crippen molar-refractivity contribution in [1.29, 1.82) is 0 Å². The van der Waals surface area contributed by atoms with Gasteiger partial charge in [0.05, 0.1) is 0 Å². The van der Waals surface area contributed by atoms with Crippen LogP contribution in [0.25, 0.3) is 0 Å². The van der Waals surface area contributed by atoms with Crippen LogP contribution in [0.1, 0.15) is 21.5 Å². The summed E-state index contributed by atoms with van der Waals surface area (Å²) in [5.41, 5.74) is 2.82. The normalized spacial score (nSPS) is 12.4. The van der Waals surface area contributed by atoms with E-state index in [1.807, 2.05) is 31.2 Å². The second kappa shape index (κ2) is 5.85. The molecule has 18 heavy (non-hydrogen) atoms. The van der Waals surface area contributed by atoms with E-state index in [-0.39, 0.29) is 10.6 Å². The van der Waals surface area contributed by atoms with Gasteiger partial charge in [0.15, 0.2) is 0 Å². The van der Waals surface area contributed by atoms with Crippen molar-refractivity contribution in [1.82, 2.24) is 0 Å². The van der Waals surface area contributed by atoms with Crippen LogP contribution >= 0.6 is 27.5 Å². The molecule has 0 saturated carbocycles. The fraction of sp³-hybridized carbons (Fsp3) is 0.200. The molecule has 0 aliphatic carbocycles. The molecule has 0 aliphatic heterocycles. The van der Waals surface area contributed by atoms with Crippen LogP contribution in [0, 0.1) is 12.7 Å². The minimum absolute atomic E-state index is 0.0625. The Hall–Kier alpha value is -0.860. The highest BCUT2D eigenvalue weighted by atomic mass is 79.9. The van der Waals surface area contributed by atoms with Gasteiger partial charge in [-0.1, -0.05) is 57.9 Å². The minimum Gasteiger partial charge on any atom is -0.207 e. The fourth-order valence-electron chi connectivity index (χ4n) is 1.78. The predicted octanol–water partition coefficient (Wildman–Crippen LogP) is 5.47. The summed E-state index contributed by atoms with van der Waals surface area (Å²) in [5, 5.41) is 0.741. The van der Waals surface area contributed by atoms with Gasteiger partial charge in [0.2, 0.25) is 0 Å². The maximum atomic E-state index is 13.6. The molecule has 0 amide bonds. The van der Waals surface area contributed by atoms with Gasteiger partial charge in [0, 0.05) is 9.85 Å². The largest absolute Gasteiger partial charge is 0.207 e. The maximum absolute atomic E-state index is 13.6. The van der Waals surface area contributed by atoms with Crippen LogP contribution in [-0.2, 0) is 6.42 Å². The van der Waals surface area contributed by atoms with Crippen molar-refractivity contribution in [3.63, 3.8) is 0 Å². The van der Waals surface area contributed by atoms with E-state index < -0.39 is 0 Å². The average molecular weight is 328 g/mol. The molecule has 0 aliphatic rings. The molecule has 94 valence electrons. The van der Waals surface area contributed by atoms with Crippen LogP contribution in [0.5, 0.6) is 0 Å². The highest BCUT2D eigenvalue weighted by molar-refractivity contribution is 9.09. The SMILES string of the molecule is Cc1ccc(C(Br)Cc2ccccc2F)cc1Cl. The van der Waals surface area contributed by atoms with Gasteiger partial charge in [-0.05, 0) is 42.2 Å². The number of benzene rings is 2. The van der Waals surface area contributed by atoms with Crippen molar-refractivity contribution in [2.45, 2.75) is 18.2 Å². The van der Waals surface area contributed by atoms with Crippen LogP contribution in [0.2, 0.25) is 5.02 Å². The molecular weight excluding hydrogens is 315 g/mol. The summed E-state index contributed by atoms with van der Waals surface area (Å²) in [6.45, 7) is 1.96. The van der Waals surface area contributed by atoms with Crippen molar-refractivity contribution in [2.24, 2.45) is 0 Å². The Labute approximate surface area is 120 Å². The molecular formula is C15H13BrClF. The van der Waals surface area contributed by atoms with Crippen molar-refractivity contribution in [3.05, 3.63) is 70.0 Å². The number of aryl methyl sites for hydroxylation is 1. The Morgan fingerprint density at radius 1 is 1.22 bits per heavy atom. The highest BCUT2D eigenvalue weighted by Crippen LogP contribution is 2.30. The molecule has 0 bridgehead atoms. The summed E-state index contributed by atoms with van der Waals surface area (Å²) >= 11 is 9.69. The summed E-state index contributed by atoms with van der Waals surface area (Å²) in [5.74, 6) is -0.167. The van der Waals surface area contributed by atoms with E-state index in [1.165, 1.54) is 6.07 Å². The van der Waals surface area contributed by atoms with Gasteiger partial charge in [-0.15, -0.1) is 0 Å². The molecule has 1 unspecified atom stereocenters. The number of hydrogen-bond acceptors (Lipinski definition) is 0. The Morgan fingerprint density at radius 3 is 2.61 bits per heavy atom. The molecule has 2 aromatic carbocycles. The quantitative estimate of drug-likeness (QED) is 0.656. The minimum atomic E-state index is -0.167. The number of halogens is 3. The molecule has 2 aromatic rings. The van der Waals surface area contributed by atoms with Crippen molar-refractivity contribution in [3.8, 4) is 0 Å². The molecule has 0 saturated heterocycles. The second-order valence-electron chi connectivity index (χ2n) is 4.27. The van der Waals surface area contributed by atoms with Gasteiger partial charge in [-0.2, -0.15) is 0 Å². The molecule has 1 atom stereocenters. The summed E-state index contributed by atoms with van der Waals surface area (Å²) in [6.07, 6.45) is 0.603. The lowest BCUT2D eigenvalue weighted by atomic mass is 10.0. The third-order valence-electron chi connectivity index (χ3n) is 2.91. The molecule has 0 radical (unpaired) electrons. The van der Waals surface area contributed by atoms with E-state index in [1.54, 1.807) is 12.1 Å². The predicted molar refractivity (Wildman–Crippen MR) is 78.0 cm³/mol. The smallest absolute Gasteiger partial charge is 0.126 e. The number of hydrogen-bond donors (Lipinski definition) is 0. The Bertz CT molecular complexity index is 554. The van der Waals surface area contributed by atoms with Crippen LogP contribution in [0.3, 0.4) is 0 Å². The maximum Gasteiger partial charge on any atom is 0.126 e. The Balaban J connectivity index is 2.19. The third kappa shape index (κ3) is 3.12. The first kappa shape index (κ1) is 13.6. The Kier molecular flexibility index (Phi) is 4.41. The van der Waals surface area contributed by atoms with E-state index in [2.05, 4.69) is 15.9 Å². The zero-order chi connectivity index (χ0) is 13.1. The second-order valence-corrected chi connectivity index (χ2v) is 5.78. The topological polar surface area (TPSA) is 0 Å². The van der Waals surface area contributed by atoms with Crippen LogP contribution < -0.4 is 0 Å². The lowest BCUT2D eigenvalue weighted by Crippen LogP contribution is -1.98. The van der Waals surface area contributed by atoms with Crippen LogP contribution in [-0.4, -0.2) is 0 Å². The van der Waals surface area contributed by atoms with Crippen molar-refractivity contribution >= 4 is 27.5 Å². The highest BCUT2D eigenvalue weighted by Gasteiger charge is 2.12. The first-order valence-corrected chi connectivity index (χ1v) is 7.01. The molecule has 0 aromatic heterocycles. The van der Waals surface area contributed by atoms with Gasteiger partial charge in [-0.3, -0.25) is 0 Å². The van der Waals surface area contributed by atoms with E-state index in [4.69, 9.17) is 11.6 Å². The molecule has 0 spiro atoms. The van der Waals surface area contributed by atoms with Gasteiger partial charge in [-0.25, -0.2) is 4.39 Å². The van der Waals surface area contributed by atoms with Crippen LogP contribution in [0.15, 0.2) is 42.5 Å². The van der Waals surface area contributed by atoms with Gasteiger partial charge >= 0.3 is 0 Å².